The lowest BCUT2D eigenvalue weighted by molar-refractivity contribution is -0.130. The molecule has 0 N–H and O–H groups in total. The largest absolute Gasteiger partial charge is 0.497 e. The van der Waals surface area contributed by atoms with Gasteiger partial charge in [-0.1, -0.05) is 41.6 Å². The fourth-order valence-corrected chi connectivity index (χ4v) is 4.74. The summed E-state index contributed by atoms with van der Waals surface area (Å²) in [6.07, 6.45) is 3.71. The molecule has 3 aromatic rings. The third kappa shape index (κ3) is 6.07. The highest BCUT2D eigenvalue weighted by atomic mass is 35.5. The molecule has 1 fully saturated rings. The van der Waals surface area contributed by atoms with Gasteiger partial charge in [0.25, 0.3) is 0 Å². The molecule has 1 aliphatic heterocycles. The van der Waals surface area contributed by atoms with Crippen molar-refractivity contribution >= 4 is 29.3 Å². The normalized spacial score (nSPS) is 15.5. The second-order valence-corrected chi connectivity index (χ2v) is 9.32. The Balaban J connectivity index is 1.46. The van der Waals surface area contributed by atoms with Gasteiger partial charge in [0.05, 0.1) is 24.7 Å². The predicted octanol–water partition coefficient (Wildman–Crippen LogP) is 4.54. The third-order valence-corrected chi connectivity index (χ3v) is 6.92. The van der Waals surface area contributed by atoms with Crippen molar-refractivity contribution in [2.75, 3.05) is 26.0 Å². The number of aromatic nitrogens is 3. The number of halogens is 1. The molecular weight excluding hydrogens is 460 g/mol. The topological polar surface area (TPSA) is 69.5 Å². The van der Waals surface area contributed by atoms with E-state index in [0.29, 0.717) is 23.3 Å². The Bertz CT molecular complexity index is 1100. The monoisotopic (exact) mass is 486 g/mol. The Labute approximate surface area is 203 Å². The zero-order valence-corrected chi connectivity index (χ0v) is 20.3. The summed E-state index contributed by atoms with van der Waals surface area (Å²) in [5.74, 6) is 1.04. The van der Waals surface area contributed by atoms with E-state index in [2.05, 4.69) is 10.2 Å². The van der Waals surface area contributed by atoms with Gasteiger partial charge in [-0.15, -0.1) is 10.2 Å². The molecule has 0 spiro atoms. The maximum absolute atomic E-state index is 13.3. The van der Waals surface area contributed by atoms with Crippen molar-refractivity contribution in [3.05, 3.63) is 64.9 Å². The van der Waals surface area contributed by atoms with Crippen LogP contribution < -0.4 is 4.74 Å². The highest BCUT2D eigenvalue weighted by Crippen LogP contribution is 2.25. The van der Waals surface area contributed by atoms with Crippen LogP contribution in [0, 0.1) is 6.92 Å². The van der Waals surface area contributed by atoms with Gasteiger partial charge in [-0.25, -0.2) is 0 Å². The minimum atomic E-state index is 0.0230. The lowest BCUT2D eigenvalue weighted by Crippen LogP contribution is -2.38. The van der Waals surface area contributed by atoms with Crippen molar-refractivity contribution in [1.29, 1.82) is 0 Å². The second kappa shape index (κ2) is 11.0. The standard InChI is InChI=1S/C24H27ClN4O3S/c1-17-8-9-19(12-22(17)25)29-16-26-27-24(29)33-15-23(30)28(14-21-7-4-10-32-21)13-18-5-3-6-20(11-18)31-2/h3,5-6,8-9,11-12,16,21H,4,7,10,13-15H2,1-2H3. The number of methoxy groups -OCH3 is 1. The quantitative estimate of drug-likeness (QED) is 0.414. The molecule has 0 saturated carbocycles. The lowest BCUT2D eigenvalue weighted by Gasteiger charge is -2.25. The van der Waals surface area contributed by atoms with E-state index in [1.165, 1.54) is 11.8 Å². The van der Waals surface area contributed by atoms with Crippen LogP contribution in [0.1, 0.15) is 24.0 Å². The number of thioether (sulfide) groups is 1. The van der Waals surface area contributed by atoms with Gasteiger partial charge in [-0.2, -0.15) is 0 Å². The first-order valence-corrected chi connectivity index (χ1v) is 12.2. The minimum absolute atomic E-state index is 0.0230. The zero-order chi connectivity index (χ0) is 23.2. The smallest absolute Gasteiger partial charge is 0.233 e. The number of nitrogens with zero attached hydrogens (tertiary/aromatic N) is 4. The highest BCUT2D eigenvalue weighted by molar-refractivity contribution is 7.99. The summed E-state index contributed by atoms with van der Waals surface area (Å²) in [6.45, 7) is 3.77. The fourth-order valence-electron chi connectivity index (χ4n) is 3.73. The molecule has 1 unspecified atom stereocenters. The van der Waals surface area contributed by atoms with E-state index >= 15 is 0 Å². The summed E-state index contributed by atoms with van der Waals surface area (Å²) in [5, 5.41) is 9.56. The van der Waals surface area contributed by atoms with Gasteiger partial charge < -0.3 is 14.4 Å². The first-order valence-electron chi connectivity index (χ1n) is 10.8. The van der Waals surface area contributed by atoms with Crippen LogP contribution in [0.2, 0.25) is 5.02 Å². The number of benzene rings is 2. The summed E-state index contributed by atoms with van der Waals surface area (Å²) in [5.41, 5.74) is 2.88. The first-order chi connectivity index (χ1) is 16.0. The average Bonchev–Trinajstić information content (AvgIpc) is 3.51. The van der Waals surface area contributed by atoms with Crippen molar-refractivity contribution in [2.45, 2.75) is 37.6 Å². The van der Waals surface area contributed by atoms with Crippen LogP contribution in [0.15, 0.2) is 53.9 Å². The highest BCUT2D eigenvalue weighted by Gasteiger charge is 2.23. The number of ether oxygens (including phenoxy) is 2. The molecule has 0 bridgehead atoms. The zero-order valence-electron chi connectivity index (χ0n) is 18.7. The van der Waals surface area contributed by atoms with Gasteiger partial charge in [-0.05, 0) is 55.2 Å². The Hall–Kier alpha value is -2.55. The maximum atomic E-state index is 13.3. The molecule has 174 valence electrons. The van der Waals surface area contributed by atoms with Crippen LogP contribution in [-0.2, 0) is 16.1 Å². The second-order valence-electron chi connectivity index (χ2n) is 7.97. The molecule has 4 rings (SSSR count). The van der Waals surface area contributed by atoms with Crippen molar-refractivity contribution < 1.29 is 14.3 Å². The number of carbonyl (C=O) groups excluding carboxylic acids is 1. The summed E-state index contributed by atoms with van der Waals surface area (Å²) in [4.78, 5) is 15.1. The van der Waals surface area contributed by atoms with E-state index in [-0.39, 0.29) is 17.8 Å². The minimum Gasteiger partial charge on any atom is -0.497 e. The van der Waals surface area contributed by atoms with Crippen LogP contribution in [0.3, 0.4) is 0 Å². The summed E-state index contributed by atoms with van der Waals surface area (Å²) >= 11 is 7.65. The number of amides is 1. The summed E-state index contributed by atoms with van der Waals surface area (Å²) < 4.78 is 13.0. The molecule has 1 saturated heterocycles. The molecule has 1 amide bonds. The first kappa shape index (κ1) is 23.6. The number of hydrogen-bond donors (Lipinski definition) is 0. The van der Waals surface area contributed by atoms with Crippen molar-refractivity contribution in [2.24, 2.45) is 0 Å². The molecule has 0 aliphatic carbocycles. The van der Waals surface area contributed by atoms with E-state index < -0.39 is 0 Å². The summed E-state index contributed by atoms with van der Waals surface area (Å²) in [7, 11) is 1.64. The summed E-state index contributed by atoms with van der Waals surface area (Å²) in [6, 6.07) is 13.6. The predicted molar refractivity (Wildman–Crippen MR) is 129 cm³/mol. The van der Waals surface area contributed by atoms with Crippen LogP contribution >= 0.6 is 23.4 Å². The van der Waals surface area contributed by atoms with Gasteiger partial charge in [0.15, 0.2) is 5.16 Å². The Kier molecular flexibility index (Phi) is 7.90. The van der Waals surface area contributed by atoms with Gasteiger partial charge in [0.1, 0.15) is 12.1 Å². The van der Waals surface area contributed by atoms with Crippen LogP contribution in [0.4, 0.5) is 0 Å². The van der Waals surface area contributed by atoms with E-state index in [1.54, 1.807) is 13.4 Å². The molecule has 1 aromatic heterocycles. The van der Waals surface area contributed by atoms with Crippen molar-refractivity contribution in [3.63, 3.8) is 0 Å². The molecule has 1 aliphatic rings. The SMILES string of the molecule is COc1cccc(CN(CC2CCCO2)C(=O)CSc2nncn2-c2ccc(C)c(Cl)c2)c1. The molecule has 2 aromatic carbocycles. The number of hydrogen-bond acceptors (Lipinski definition) is 6. The van der Waals surface area contributed by atoms with Gasteiger partial charge in [-0.3, -0.25) is 9.36 Å². The fraction of sp³-hybridized carbons (Fsp3) is 0.375. The van der Waals surface area contributed by atoms with Gasteiger partial charge in [0.2, 0.25) is 5.91 Å². The molecule has 0 radical (unpaired) electrons. The Morgan fingerprint density at radius 3 is 2.97 bits per heavy atom. The molecule has 2 heterocycles. The average molecular weight is 487 g/mol. The van der Waals surface area contributed by atoms with Crippen molar-refractivity contribution in [1.82, 2.24) is 19.7 Å². The van der Waals surface area contributed by atoms with Crippen molar-refractivity contribution in [3.8, 4) is 11.4 Å². The third-order valence-electron chi connectivity index (χ3n) is 5.58. The Morgan fingerprint density at radius 2 is 2.21 bits per heavy atom. The molecule has 9 heteroatoms. The van der Waals surface area contributed by atoms with Crippen LogP contribution in [-0.4, -0.2) is 57.7 Å². The lowest BCUT2D eigenvalue weighted by atomic mass is 10.1. The van der Waals surface area contributed by atoms with E-state index in [0.717, 1.165) is 42.0 Å². The number of rotatable bonds is 9. The molecule has 7 nitrogen and oxygen atoms in total. The maximum Gasteiger partial charge on any atom is 0.233 e. The van der Waals surface area contributed by atoms with Crippen LogP contribution in [0.5, 0.6) is 5.75 Å². The van der Waals surface area contributed by atoms with E-state index in [9.17, 15) is 4.79 Å². The van der Waals surface area contributed by atoms with Gasteiger partial charge in [0, 0.05) is 24.7 Å². The van der Waals surface area contributed by atoms with E-state index in [1.807, 2.05) is 58.9 Å². The van der Waals surface area contributed by atoms with Crippen LogP contribution in [0.25, 0.3) is 5.69 Å². The molecular formula is C24H27ClN4O3S. The van der Waals surface area contributed by atoms with E-state index in [4.69, 9.17) is 21.1 Å². The van der Waals surface area contributed by atoms with Gasteiger partial charge >= 0.3 is 0 Å². The Morgan fingerprint density at radius 1 is 1.33 bits per heavy atom. The molecule has 33 heavy (non-hydrogen) atoms. The molecule has 1 atom stereocenters. The number of aryl methyl sites for hydroxylation is 1. The number of carbonyl (C=O) groups is 1.